The molecule has 2 aliphatic rings. The molecule has 2 heterocycles. The van der Waals surface area contributed by atoms with Crippen molar-refractivity contribution in [3.63, 3.8) is 0 Å². The number of amides is 1. The normalized spacial score (nSPS) is 14.1. The predicted molar refractivity (Wildman–Crippen MR) is 115 cm³/mol. The van der Waals surface area contributed by atoms with E-state index in [-0.39, 0.29) is 23.8 Å². The minimum Gasteiger partial charge on any atom is -0.454 e. The van der Waals surface area contributed by atoms with Gasteiger partial charge in [0.05, 0.1) is 22.4 Å². The van der Waals surface area contributed by atoms with Crippen molar-refractivity contribution in [2.45, 2.75) is 13.0 Å². The fraction of sp³-hybridized carbons (Fsp3) is 0.174. The second-order valence-corrected chi connectivity index (χ2v) is 7.39. The number of nitrogens with one attached hydrogen (secondary N) is 1. The van der Waals surface area contributed by atoms with E-state index < -0.39 is 10.8 Å². The molecule has 0 saturated heterocycles. The number of nitrogens with zero attached hydrogens (tertiary/aromatic N) is 2. The van der Waals surface area contributed by atoms with Gasteiger partial charge in [-0.1, -0.05) is 36.4 Å². The first-order chi connectivity index (χ1) is 15.1. The molecule has 8 nitrogen and oxygen atoms in total. The summed E-state index contributed by atoms with van der Waals surface area (Å²) in [5, 5.41) is 14.4. The number of ether oxygens (including phenoxy) is 2. The van der Waals surface area contributed by atoms with E-state index in [1.165, 1.54) is 23.3 Å². The van der Waals surface area contributed by atoms with Crippen molar-refractivity contribution in [1.82, 2.24) is 0 Å². The third-order valence-corrected chi connectivity index (χ3v) is 5.56. The van der Waals surface area contributed by atoms with E-state index in [0.29, 0.717) is 11.4 Å². The fourth-order valence-electron chi connectivity index (χ4n) is 4.01. The van der Waals surface area contributed by atoms with Crippen LogP contribution >= 0.6 is 0 Å². The molecule has 2 aliphatic heterocycles. The van der Waals surface area contributed by atoms with E-state index in [0.717, 1.165) is 25.2 Å². The molecule has 156 valence electrons. The van der Waals surface area contributed by atoms with Crippen LogP contribution in [0.3, 0.4) is 0 Å². The number of fused-ring (bicyclic) bond motifs is 2. The summed E-state index contributed by atoms with van der Waals surface area (Å²) in [5.74, 6) is 0.00200. The first-order valence-electron chi connectivity index (χ1n) is 9.90. The van der Waals surface area contributed by atoms with E-state index in [1.54, 1.807) is 6.07 Å². The van der Waals surface area contributed by atoms with Crippen molar-refractivity contribution in [2.24, 2.45) is 0 Å². The van der Waals surface area contributed by atoms with Gasteiger partial charge in [-0.2, -0.15) is 0 Å². The number of anilines is 2. The van der Waals surface area contributed by atoms with Gasteiger partial charge in [-0.3, -0.25) is 14.9 Å². The molecule has 0 aromatic heterocycles. The molecular weight excluding hydrogens is 398 g/mol. The maximum atomic E-state index is 13.0. The van der Waals surface area contributed by atoms with Gasteiger partial charge in [0.2, 0.25) is 6.79 Å². The number of hydrogen-bond donors (Lipinski definition) is 1. The monoisotopic (exact) mass is 417 g/mol. The van der Waals surface area contributed by atoms with Gasteiger partial charge in [0.15, 0.2) is 11.5 Å². The molecule has 5 rings (SSSR count). The third-order valence-electron chi connectivity index (χ3n) is 5.56. The number of para-hydroxylation sites is 2. The van der Waals surface area contributed by atoms with Gasteiger partial charge in [0, 0.05) is 19.2 Å². The van der Waals surface area contributed by atoms with Crippen molar-refractivity contribution < 1.29 is 19.2 Å². The zero-order valence-electron chi connectivity index (χ0n) is 16.5. The Morgan fingerprint density at radius 1 is 1.00 bits per heavy atom. The first-order valence-corrected chi connectivity index (χ1v) is 9.90. The molecule has 0 atom stereocenters. The number of nitro benzene ring substituents is 1. The van der Waals surface area contributed by atoms with Crippen molar-refractivity contribution in [3.8, 4) is 11.5 Å². The summed E-state index contributed by atoms with van der Waals surface area (Å²) in [6, 6.07) is 18.4. The van der Waals surface area contributed by atoms with Gasteiger partial charge in [-0.25, -0.2) is 0 Å². The average Bonchev–Trinajstić information content (AvgIpc) is 3.26. The van der Waals surface area contributed by atoms with E-state index >= 15 is 0 Å². The van der Waals surface area contributed by atoms with Crippen LogP contribution in [0.5, 0.6) is 11.5 Å². The Balaban J connectivity index is 1.45. The molecular formula is C23H19N3O5. The number of carbonyl (C=O) groups is 1. The maximum Gasteiger partial charge on any atom is 0.286 e. The van der Waals surface area contributed by atoms with Gasteiger partial charge in [0.25, 0.3) is 11.6 Å². The lowest BCUT2D eigenvalue weighted by Gasteiger charge is -2.32. The van der Waals surface area contributed by atoms with Crippen LogP contribution in [0.1, 0.15) is 21.5 Å². The third kappa shape index (κ3) is 3.52. The highest BCUT2D eigenvalue weighted by molar-refractivity contribution is 6.09. The second-order valence-electron chi connectivity index (χ2n) is 7.39. The quantitative estimate of drug-likeness (QED) is 0.507. The van der Waals surface area contributed by atoms with Crippen LogP contribution < -0.4 is 19.7 Å². The summed E-state index contributed by atoms with van der Waals surface area (Å²) in [6.07, 6.45) is 0.909. The van der Waals surface area contributed by atoms with E-state index in [4.69, 9.17) is 9.47 Å². The molecule has 1 amide bonds. The zero-order valence-corrected chi connectivity index (χ0v) is 16.5. The lowest BCUT2D eigenvalue weighted by Crippen LogP contribution is -2.31. The molecule has 0 unspecified atom stereocenters. The average molecular weight is 417 g/mol. The molecule has 0 bridgehead atoms. The summed E-state index contributed by atoms with van der Waals surface area (Å²) >= 11 is 0. The number of nitro groups is 1. The largest absolute Gasteiger partial charge is 0.454 e. The van der Waals surface area contributed by atoms with Crippen molar-refractivity contribution >= 4 is 23.0 Å². The molecule has 0 fully saturated rings. The van der Waals surface area contributed by atoms with Crippen molar-refractivity contribution in [1.29, 1.82) is 0 Å². The molecule has 31 heavy (non-hydrogen) atoms. The molecule has 0 aliphatic carbocycles. The van der Waals surface area contributed by atoms with Crippen LogP contribution in [0, 0.1) is 10.1 Å². The van der Waals surface area contributed by atoms with E-state index in [1.807, 2.05) is 30.3 Å². The Morgan fingerprint density at radius 3 is 2.52 bits per heavy atom. The van der Waals surface area contributed by atoms with Crippen LogP contribution in [-0.4, -0.2) is 24.2 Å². The molecule has 8 heteroatoms. The summed E-state index contributed by atoms with van der Waals surface area (Å²) in [7, 11) is 0. The Kier molecular flexibility index (Phi) is 4.66. The summed E-state index contributed by atoms with van der Waals surface area (Å²) in [6.45, 7) is 1.51. The highest BCUT2D eigenvalue weighted by atomic mass is 16.7. The minimum absolute atomic E-state index is 0.0309. The van der Waals surface area contributed by atoms with Gasteiger partial charge >= 0.3 is 0 Å². The van der Waals surface area contributed by atoms with Gasteiger partial charge < -0.3 is 19.7 Å². The Morgan fingerprint density at radius 2 is 1.71 bits per heavy atom. The zero-order chi connectivity index (χ0) is 21.4. The fourth-order valence-corrected chi connectivity index (χ4v) is 4.01. The lowest BCUT2D eigenvalue weighted by atomic mass is 9.99. The summed E-state index contributed by atoms with van der Waals surface area (Å²) in [4.78, 5) is 26.2. The second kappa shape index (κ2) is 7.64. The smallest absolute Gasteiger partial charge is 0.286 e. The van der Waals surface area contributed by atoms with Gasteiger partial charge in [-0.05, 0) is 29.7 Å². The Hall–Kier alpha value is -4.07. The standard InChI is InChI=1S/C23H19N3O5/c27-23(17-11-21-22(31-14-30-21)12-20(17)26(28)29)24-18-7-3-4-8-19(18)25-10-9-15-5-1-2-6-16(15)13-25/h1-8,11-12H,9-10,13-14H2,(H,24,27). The van der Waals surface area contributed by atoms with Crippen molar-refractivity contribution in [2.75, 3.05) is 23.6 Å². The minimum atomic E-state index is -0.593. The highest BCUT2D eigenvalue weighted by Crippen LogP contribution is 2.38. The number of carbonyl (C=O) groups excluding carboxylic acids is 1. The SMILES string of the molecule is O=C(Nc1ccccc1N1CCc2ccccc2C1)c1cc2c(cc1[N+](=O)[O-])OCO2. The number of benzene rings is 3. The number of rotatable bonds is 4. The summed E-state index contributed by atoms with van der Waals surface area (Å²) < 4.78 is 10.5. The van der Waals surface area contributed by atoms with Crippen LogP contribution in [0.25, 0.3) is 0 Å². The molecule has 1 N–H and O–H groups in total. The summed E-state index contributed by atoms with van der Waals surface area (Å²) in [5.41, 5.74) is 3.64. The maximum absolute atomic E-state index is 13.0. The van der Waals surface area contributed by atoms with Gasteiger partial charge in [-0.15, -0.1) is 0 Å². The lowest BCUT2D eigenvalue weighted by molar-refractivity contribution is -0.385. The molecule has 3 aromatic rings. The highest BCUT2D eigenvalue weighted by Gasteiger charge is 2.28. The van der Waals surface area contributed by atoms with Crippen LogP contribution in [0.15, 0.2) is 60.7 Å². The first kappa shape index (κ1) is 18.9. The van der Waals surface area contributed by atoms with E-state index in [2.05, 4.69) is 22.3 Å². The molecule has 0 radical (unpaired) electrons. The van der Waals surface area contributed by atoms with Crippen LogP contribution in [-0.2, 0) is 13.0 Å². The van der Waals surface area contributed by atoms with E-state index in [9.17, 15) is 14.9 Å². The van der Waals surface area contributed by atoms with Crippen LogP contribution in [0.4, 0.5) is 17.1 Å². The van der Waals surface area contributed by atoms with Crippen LogP contribution in [0.2, 0.25) is 0 Å². The predicted octanol–water partition coefficient (Wildman–Crippen LogP) is 4.14. The Bertz CT molecular complexity index is 1190. The topological polar surface area (TPSA) is 93.9 Å². The van der Waals surface area contributed by atoms with Crippen molar-refractivity contribution in [3.05, 3.63) is 87.5 Å². The molecule has 0 saturated carbocycles. The number of hydrogen-bond acceptors (Lipinski definition) is 6. The molecule has 0 spiro atoms. The van der Waals surface area contributed by atoms with Gasteiger partial charge in [0.1, 0.15) is 5.56 Å². The molecule has 3 aromatic carbocycles. The Labute approximate surface area is 178 Å².